The highest BCUT2D eigenvalue weighted by Gasteiger charge is 2.31. The molecular formula is C19H24F3NO6. The summed E-state index contributed by atoms with van der Waals surface area (Å²) in [6, 6.07) is 2.13. The maximum atomic E-state index is 12.6. The fraction of sp³-hybridized carbons (Fsp3) is 0.526. The summed E-state index contributed by atoms with van der Waals surface area (Å²) in [6.45, 7) is 5.01. The molecule has 0 aromatic heterocycles. The molecule has 0 fully saturated rings. The number of carbonyl (C=O) groups excluding carboxylic acids is 3. The summed E-state index contributed by atoms with van der Waals surface area (Å²) in [6.07, 6.45) is -6.71. The molecule has 0 saturated heterocycles. The molecule has 1 aromatic carbocycles. The van der Waals surface area contributed by atoms with Crippen molar-refractivity contribution in [2.24, 2.45) is 0 Å². The SMILES string of the molecule is COC(=O)[C@@H](CCC(=O)OC(C)(C)C)NC(=O)[C@@H](O)c1ccc(C(F)(F)F)cc1. The molecule has 0 aliphatic heterocycles. The summed E-state index contributed by atoms with van der Waals surface area (Å²) >= 11 is 0. The Morgan fingerprint density at radius 2 is 1.66 bits per heavy atom. The minimum Gasteiger partial charge on any atom is -0.467 e. The quantitative estimate of drug-likeness (QED) is 0.659. The number of amides is 1. The van der Waals surface area contributed by atoms with Crippen LogP contribution in [0.5, 0.6) is 0 Å². The zero-order valence-corrected chi connectivity index (χ0v) is 16.5. The third kappa shape index (κ3) is 8.10. The van der Waals surface area contributed by atoms with Crippen LogP contribution >= 0.6 is 0 Å². The molecule has 0 saturated carbocycles. The molecule has 0 heterocycles. The zero-order chi connectivity index (χ0) is 22.4. The highest BCUT2D eigenvalue weighted by atomic mass is 19.4. The minimum atomic E-state index is -4.55. The van der Waals surface area contributed by atoms with E-state index >= 15 is 0 Å². The summed E-state index contributed by atoms with van der Waals surface area (Å²) in [5.41, 5.74) is -1.75. The van der Waals surface area contributed by atoms with Gasteiger partial charge in [-0.25, -0.2) is 4.79 Å². The molecule has 2 atom stereocenters. The van der Waals surface area contributed by atoms with Gasteiger partial charge in [0.25, 0.3) is 5.91 Å². The van der Waals surface area contributed by atoms with Crippen molar-refractivity contribution in [3.8, 4) is 0 Å². The number of carbonyl (C=O) groups is 3. The highest BCUT2D eigenvalue weighted by Crippen LogP contribution is 2.30. The number of hydrogen-bond acceptors (Lipinski definition) is 6. The summed E-state index contributed by atoms with van der Waals surface area (Å²) < 4.78 is 47.5. The molecule has 7 nitrogen and oxygen atoms in total. The Bertz CT molecular complexity index is 725. The van der Waals surface area contributed by atoms with Gasteiger partial charge in [0, 0.05) is 6.42 Å². The Kier molecular flexibility index (Phi) is 8.19. The predicted molar refractivity (Wildman–Crippen MR) is 95.4 cm³/mol. The molecule has 0 unspecified atom stereocenters. The fourth-order valence-corrected chi connectivity index (χ4v) is 2.30. The third-order valence-electron chi connectivity index (χ3n) is 3.66. The molecule has 1 aromatic rings. The predicted octanol–water partition coefficient (Wildman–Crippen LogP) is 2.52. The molecule has 0 aliphatic carbocycles. The molecule has 29 heavy (non-hydrogen) atoms. The number of methoxy groups -OCH3 is 1. The van der Waals surface area contributed by atoms with Gasteiger partial charge in [0.2, 0.25) is 0 Å². The third-order valence-corrected chi connectivity index (χ3v) is 3.66. The first kappa shape index (κ1) is 24.4. The van der Waals surface area contributed by atoms with Gasteiger partial charge in [0.05, 0.1) is 12.7 Å². The summed E-state index contributed by atoms with van der Waals surface area (Å²) in [7, 11) is 1.08. The molecule has 1 rings (SSSR count). The number of aliphatic hydroxyl groups is 1. The average Bonchev–Trinajstić information content (AvgIpc) is 2.61. The number of aliphatic hydroxyl groups excluding tert-OH is 1. The van der Waals surface area contributed by atoms with Crippen LogP contribution in [0, 0.1) is 0 Å². The number of ether oxygens (including phenoxy) is 2. The first-order valence-corrected chi connectivity index (χ1v) is 8.70. The number of nitrogens with one attached hydrogen (secondary N) is 1. The van der Waals surface area contributed by atoms with E-state index in [0.717, 1.165) is 31.4 Å². The Morgan fingerprint density at radius 1 is 1.10 bits per heavy atom. The van der Waals surface area contributed by atoms with Crippen molar-refractivity contribution < 1.29 is 42.1 Å². The fourth-order valence-electron chi connectivity index (χ4n) is 2.30. The average molecular weight is 419 g/mol. The monoisotopic (exact) mass is 419 g/mol. The second-order valence-electron chi connectivity index (χ2n) is 7.23. The molecule has 162 valence electrons. The van der Waals surface area contributed by atoms with Crippen LogP contribution in [0.15, 0.2) is 24.3 Å². The molecule has 2 N–H and O–H groups in total. The van der Waals surface area contributed by atoms with Crippen molar-refractivity contribution in [3.05, 3.63) is 35.4 Å². The van der Waals surface area contributed by atoms with Crippen molar-refractivity contribution in [2.45, 2.75) is 57.5 Å². The van der Waals surface area contributed by atoms with Crippen LogP contribution in [0.3, 0.4) is 0 Å². The first-order chi connectivity index (χ1) is 13.2. The Balaban J connectivity index is 2.79. The molecular weight excluding hydrogens is 395 g/mol. The van der Waals surface area contributed by atoms with Crippen LogP contribution < -0.4 is 5.32 Å². The number of rotatable bonds is 7. The van der Waals surface area contributed by atoms with Crippen molar-refractivity contribution in [3.63, 3.8) is 0 Å². The minimum absolute atomic E-state index is 0.0914. The van der Waals surface area contributed by atoms with E-state index in [1.165, 1.54) is 0 Å². The number of halogens is 3. The van der Waals surface area contributed by atoms with Crippen LogP contribution in [0.4, 0.5) is 13.2 Å². The van der Waals surface area contributed by atoms with Gasteiger partial charge in [-0.3, -0.25) is 9.59 Å². The van der Waals surface area contributed by atoms with Crippen molar-refractivity contribution in [1.29, 1.82) is 0 Å². The van der Waals surface area contributed by atoms with Crippen LogP contribution in [0.25, 0.3) is 0 Å². The van der Waals surface area contributed by atoms with Crippen molar-refractivity contribution in [2.75, 3.05) is 7.11 Å². The molecule has 0 aliphatic rings. The topological polar surface area (TPSA) is 102 Å². The molecule has 1 amide bonds. The first-order valence-electron chi connectivity index (χ1n) is 8.70. The maximum Gasteiger partial charge on any atom is 0.416 e. The van der Waals surface area contributed by atoms with Gasteiger partial charge in [0.15, 0.2) is 6.10 Å². The van der Waals surface area contributed by atoms with Crippen LogP contribution in [0.1, 0.15) is 50.8 Å². The van der Waals surface area contributed by atoms with E-state index in [4.69, 9.17) is 4.74 Å². The van der Waals surface area contributed by atoms with E-state index in [1.807, 2.05) is 0 Å². The normalized spacial score (nSPS) is 13.9. The van der Waals surface area contributed by atoms with E-state index in [2.05, 4.69) is 10.1 Å². The van der Waals surface area contributed by atoms with Gasteiger partial charge < -0.3 is 19.9 Å². The Morgan fingerprint density at radius 3 is 2.10 bits per heavy atom. The van der Waals surface area contributed by atoms with Crippen LogP contribution in [0.2, 0.25) is 0 Å². The summed E-state index contributed by atoms with van der Waals surface area (Å²) in [4.78, 5) is 35.9. The van der Waals surface area contributed by atoms with Gasteiger partial charge in [-0.2, -0.15) is 13.2 Å². The van der Waals surface area contributed by atoms with Gasteiger partial charge >= 0.3 is 18.1 Å². The van der Waals surface area contributed by atoms with Gasteiger partial charge in [-0.15, -0.1) is 0 Å². The second kappa shape index (κ2) is 9.73. The summed E-state index contributed by atoms with van der Waals surface area (Å²) in [5.74, 6) is -2.46. The van der Waals surface area contributed by atoms with Gasteiger partial charge in [-0.1, -0.05) is 12.1 Å². The van der Waals surface area contributed by atoms with Gasteiger partial charge in [-0.05, 0) is 44.9 Å². The molecule has 0 spiro atoms. The lowest BCUT2D eigenvalue weighted by Crippen LogP contribution is -2.44. The lowest BCUT2D eigenvalue weighted by molar-refractivity contribution is -0.155. The number of esters is 2. The van der Waals surface area contributed by atoms with Crippen LogP contribution in [-0.4, -0.2) is 41.7 Å². The van der Waals surface area contributed by atoms with Crippen molar-refractivity contribution in [1.82, 2.24) is 5.32 Å². The van der Waals surface area contributed by atoms with E-state index in [1.54, 1.807) is 20.8 Å². The molecule has 0 radical (unpaired) electrons. The maximum absolute atomic E-state index is 12.6. The number of hydrogen-bond donors (Lipinski definition) is 2. The number of benzene rings is 1. The smallest absolute Gasteiger partial charge is 0.416 e. The van der Waals surface area contributed by atoms with E-state index < -0.39 is 47.3 Å². The lowest BCUT2D eigenvalue weighted by Gasteiger charge is -2.21. The van der Waals surface area contributed by atoms with E-state index in [0.29, 0.717) is 0 Å². The Labute approximate surface area is 166 Å². The Hall–Kier alpha value is -2.62. The second-order valence-corrected chi connectivity index (χ2v) is 7.23. The van der Waals surface area contributed by atoms with E-state index in [9.17, 15) is 32.7 Å². The van der Waals surface area contributed by atoms with Gasteiger partial charge in [0.1, 0.15) is 11.6 Å². The number of alkyl halides is 3. The lowest BCUT2D eigenvalue weighted by atomic mass is 10.0. The van der Waals surface area contributed by atoms with E-state index in [-0.39, 0.29) is 18.4 Å². The van der Waals surface area contributed by atoms with Crippen molar-refractivity contribution >= 4 is 17.8 Å². The summed E-state index contributed by atoms with van der Waals surface area (Å²) in [5, 5.41) is 12.3. The van der Waals surface area contributed by atoms with Crippen LogP contribution in [-0.2, 0) is 30.0 Å². The highest BCUT2D eigenvalue weighted by molar-refractivity contribution is 5.87. The largest absolute Gasteiger partial charge is 0.467 e. The standard InChI is InChI=1S/C19H24F3NO6/c1-18(2,3)29-14(24)10-9-13(17(27)28-4)23-16(26)15(25)11-5-7-12(8-6-11)19(20,21)22/h5-8,13,15,25H,9-10H2,1-4H3,(H,23,26)/t13-,15+/m1/s1. The molecule has 0 bridgehead atoms. The molecule has 10 heteroatoms. The zero-order valence-electron chi connectivity index (χ0n) is 16.5.